The zero-order chi connectivity index (χ0) is 12.6. The van der Waals surface area contributed by atoms with Gasteiger partial charge in [-0.3, -0.25) is 0 Å². The third-order valence-corrected chi connectivity index (χ3v) is 3.01. The summed E-state index contributed by atoms with van der Waals surface area (Å²) in [7, 11) is -1.07. The fraction of sp³-hybridized carbons (Fsp3) is 0.364. The molecule has 5 nitrogen and oxygen atoms in total. The Hall–Kier alpha value is -1.53. The van der Waals surface area contributed by atoms with Crippen LogP contribution >= 0.6 is 0 Å². The van der Waals surface area contributed by atoms with E-state index in [0.29, 0.717) is 11.1 Å². The monoisotopic (exact) mass is 236 g/mol. The molecule has 3 N–H and O–H groups in total. The maximum absolute atomic E-state index is 11.2. The molecular formula is C11H13BO5. The third kappa shape index (κ3) is 2.01. The van der Waals surface area contributed by atoms with Crippen LogP contribution < -0.4 is 4.65 Å². The average Bonchev–Trinajstić information content (AvgIpc) is 2.26. The van der Waals surface area contributed by atoms with E-state index in [1.54, 1.807) is 19.1 Å². The van der Waals surface area contributed by atoms with Crippen molar-refractivity contribution in [2.75, 3.05) is 6.61 Å². The van der Waals surface area contributed by atoms with Gasteiger partial charge in [-0.15, -0.1) is 0 Å². The van der Waals surface area contributed by atoms with E-state index in [0.717, 1.165) is 0 Å². The zero-order valence-electron chi connectivity index (χ0n) is 9.38. The number of aliphatic hydroxyl groups is 1. The summed E-state index contributed by atoms with van der Waals surface area (Å²) >= 11 is 0. The number of fused-ring (bicyclic) bond motifs is 1. The minimum atomic E-state index is -1.09. The molecule has 0 unspecified atom stereocenters. The van der Waals surface area contributed by atoms with Gasteiger partial charge >= 0.3 is 13.1 Å². The van der Waals surface area contributed by atoms with Gasteiger partial charge in [0.15, 0.2) is 0 Å². The van der Waals surface area contributed by atoms with Gasteiger partial charge in [0.2, 0.25) is 0 Å². The van der Waals surface area contributed by atoms with E-state index in [1.807, 2.05) is 0 Å². The molecule has 0 spiro atoms. The molecule has 0 fully saturated rings. The minimum absolute atomic E-state index is 0.0553. The molecule has 1 aliphatic heterocycles. The molecule has 0 saturated heterocycles. The van der Waals surface area contributed by atoms with E-state index < -0.39 is 13.1 Å². The van der Waals surface area contributed by atoms with Gasteiger partial charge in [-0.1, -0.05) is 12.1 Å². The Morgan fingerprint density at radius 3 is 2.88 bits per heavy atom. The predicted molar refractivity (Wildman–Crippen MR) is 61.4 cm³/mol. The number of benzene rings is 1. The molecule has 0 saturated carbocycles. The van der Waals surface area contributed by atoms with Crippen molar-refractivity contribution in [3.05, 3.63) is 28.8 Å². The molecule has 0 amide bonds. The van der Waals surface area contributed by atoms with Crippen molar-refractivity contribution in [1.82, 2.24) is 0 Å². The van der Waals surface area contributed by atoms with Gasteiger partial charge in [-0.2, -0.15) is 0 Å². The number of hydrogen-bond donors (Lipinski definition) is 3. The van der Waals surface area contributed by atoms with E-state index >= 15 is 0 Å². The number of hydrogen-bond acceptors (Lipinski definition) is 4. The maximum atomic E-state index is 11.2. The molecule has 17 heavy (non-hydrogen) atoms. The molecular weight excluding hydrogens is 223 g/mol. The molecule has 1 atom stereocenters. The number of aromatic carboxylic acids is 1. The highest BCUT2D eigenvalue weighted by molar-refractivity contribution is 6.44. The quantitative estimate of drug-likeness (QED) is 0.656. The SMILES string of the molecule is Cc1ccc2c(c1C(=O)O)OB(O)C[C@H]2CO. The van der Waals surface area contributed by atoms with Gasteiger partial charge in [0, 0.05) is 18.8 Å². The van der Waals surface area contributed by atoms with E-state index in [9.17, 15) is 14.9 Å². The maximum Gasteiger partial charge on any atom is 0.523 e. The summed E-state index contributed by atoms with van der Waals surface area (Å²) in [5.41, 5.74) is 1.27. The van der Waals surface area contributed by atoms with Gasteiger partial charge in [-0.05, 0) is 18.1 Å². The largest absolute Gasteiger partial charge is 0.535 e. The zero-order valence-corrected chi connectivity index (χ0v) is 9.38. The Kier molecular flexibility index (Phi) is 3.08. The predicted octanol–water partition coefficient (Wildman–Crippen LogP) is 0.642. The molecule has 0 radical (unpaired) electrons. The van der Waals surface area contributed by atoms with E-state index in [4.69, 9.17) is 9.76 Å². The van der Waals surface area contributed by atoms with E-state index in [1.165, 1.54) is 0 Å². The van der Waals surface area contributed by atoms with Crippen LogP contribution in [0.25, 0.3) is 0 Å². The first-order chi connectivity index (χ1) is 8.04. The number of aliphatic hydroxyl groups excluding tert-OH is 1. The third-order valence-electron chi connectivity index (χ3n) is 3.01. The summed E-state index contributed by atoms with van der Waals surface area (Å²) in [6.45, 7) is 1.53. The number of carboxylic acid groups (broad SMARTS) is 1. The average molecular weight is 236 g/mol. The van der Waals surface area contributed by atoms with Crippen molar-refractivity contribution in [3.63, 3.8) is 0 Å². The van der Waals surface area contributed by atoms with Crippen LogP contribution in [0.4, 0.5) is 0 Å². The summed E-state index contributed by atoms with van der Waals surface area (Å²) < 4.78 is 5.20. The standard InChI is InChI=1S/C11H13BO5/c1-6-2-3-8-7(5-13)4-12(16)17-10(8)9(6)11(14)15/h2-3,7,13,16H,4-5H2,1H3,(H,14,15)/t7-/m0/s1. The normalized spacial score (nSPS) is 18.5. The highest BCUT2D eigenvalue weighted by atomic mass is 16.5. The Morgan fingerprint density at radius 1 is 1.59 bits per heavy atom. The van der Waals surface area contributed by atoms with Gasteiger partial charge in [0.25, 0.3) is 0 Å². The molecule has 1 aliphatic rings. The van der Waals surface area contributed by atoms with Crippen LogP contribution in [-0.4, -0.2) is 34.9 Å². The first kappa shape index (κ1) is 11.9. The van der Waals surface area contributed by atoms with Crippen LogP contribution in [0.5, 0.6) is 5.75 Å². The topological polar surface area (TPSA) is 87.0 Å². The summed E-state index contributed by atoms with van der Waals surface area (Å²) in [5, 5.41) is 27.9. The van der Waals surface area contributed by atoms with Crippen LogP contribution in [0.2, 0.25) is 6.32 Å². The lowest BCUT2D eigenvalue weighted by Gasteiger charge is -2.28. The first-order valence-corrected chi connectivity index (χ1v) is 5.37. The van der Waals surface area contributed by atoms with Crippen LogP contribution in [0.1, 0.15) is 27.4 Å². The Labute approximate surface area is 98.8 Å². The van der Waals surface area contributed by atoms with E-state index in [-0.39, 0.29) is 30.2 Å². The van der Waals surface area contributed by atoms with Crippen LogP contribution in [0, 0.1) is 6.92 Å². The summed E-state index contributed by atoms with van der Waals surface area (Å²) in [5.74, 6) is -1.20. The lowest BCUT2D eigenvalue weighted by atomic mass is 9.71. The second-order valence-corrected chi connectivity index (χ2v) is 4.17. The highest BCUT2D eigenvalue weighted by Gasteiger charge is 2.34. The van der Waals surface area contributed by atoms with Crippen molar-refractivity contribution < 1.29 is 24.7 Å². The fourth-order valence-electron chi connectivity index (χ4n) is 2.14. The van der Waals surface area contributed by atoms with Crippen molar-refractivity contribution in [1.29, 1.82) is 0 Å². The second-order valence-electron chi connectivity index (χ2n) is 4.17. The Morgan fingerprint density at radius 2 is 2.29 bits per heavy atom. The van der Waals surface area contributed by atoms with Crippen molar-refractivity contribution >= 4 is 13.1 Å². The van der Waals surface area contributed by atoms with Crippen molar-refractivity contribution in [3.8, 4) is 5.75 Å². The van der Waals surface area contributed by atoms with E-state index in [2.05, 4.69) is 0 Å². The Balaban J connectivity index is 2.60. The molecule has 6 heteroatoms. The molecule has 0 aliphatic carbocycles. The second kappa shape index (κ2) is 4.39. The lowest BCUT2D eigenvalue weighted by molar-refractivity contribution is 0.0693. The minimum Gasteiger partial charge on any atom is -0.535 e. The smallest absolute Gasteiger partial charge is 0.523 e. The molecule has 90 valence electrons. The highest BCUT2D eigenvalue weighted by Crippen LogP contribution is 2.38. The van der Waals surface area contributed by atoms with Crippen LogP contribution in [0.15, 0.2) is 12.1 Å². The number of carboxylic acids is 1. The van der Waals surface area contributed by atoms with Crippen molar-refractivity contribution in [2.45, 2.75) is 19.2 Å². The van der Waals surface area contributed by atoms with Gasteiger partial charge in [-0.25, -0.2) is 4.79 Å². The number of aryl methyl sites for hydroxylation is 1. The molecule has 0 aromatic heterocycles. The summed E-state index contributed by atoms with van der Waals surface area (Å²) in [4.78, 5) is 11.2. The number of carbonyl (C=O) groups is 1. The fourth-order valence-corrected chi connectivity index (χ4v) is 2.14. The molecule has 2 rings (SSSR count). The van der Waals surface area contributed by atoms with Crippen LogP contribution in [0.3, 0.4) is 0 Å². The van der Waals surface area contributed by atoms with Crippen LogP contribution in [-0.2, 0) is 0 Å². The van der Waals surface area contributed by atoms with Gasteiger partial charge in [0.1, 0.15) is 11.3 Å². The lowest BCUT2D eigenvalue weighted by Crippen LogP contribution is -2.32. The molecule has 1 aromatic rings. The molecule has 1 aromatic carbocycles. The molecule has 1 heterocycles. The summed E-state index contributed by atoms with van der Waals surface area (Å²) in [6, 6.07) is 3.43. The summed E-state index contributed by atoms with van der Waals surface area (Å²) in [6.07, 6.45) is 0.269. The number of rotatable bonds is 2. The van der Waals surface area contributed by atoms with Gasteiger partial charge in [0.05, 0.1) is 0 Å². The Bertz CT molecular complexity index is 459. The molecule has 0 bridgehead atoms. The van der Waals surface area contributed by atoms with Crippen molar-refractivity contribution in [2.24, 2.45) is 0 Å². The van der Waals surface area contributed by atoms with Gasteiger partial charge < -0.3 is 19.9 Å². The first-order valence-electron chi connectivity index (χ1n) is 5.37.